The molecule has 2 rings (SSSR count). The second-order valence-corrected chi connectivity index (χ2v) is 5.67. The van der Waals surface area contributed by atoms with Crippen LogP contribution in [0.2, 0.25) is 0 Å². The van der Waals surface area contributed by atoms with Gasteiger partial charge in [0.1, 0.15) is 0 Å². The molecule has 2 aliphatic rings. The van der Waals surface area contributed by atoms with E-state index in [9.17, 15) is 14.7 Å². The van der Waals surface area contributed by atoms with Crippen molar-refractivity contribution in [1.82, 2.24) is 14.7 Å². The van der Waals surface area contributed by atoms with Crippen LogP contribution in [0.15, 0.2) is 0 Å². The second kappa shape index (κ2) is 5.77. The van der Waals surface area contributed by atoms with Gasteiger partial charge in [-0.1, -0.05) is 0 Å². The van der Waals surface area contributed by atoms with E-state index >= 15 is 0 Å². The van der Waals surface area contributed by atoms with Crippen LogP contribution < -0.4 is 0 Å². The molecule has 0 aromatic carbocycles. The zero-order chi connectivity index (χ0) is 14.0. The number of piperidine rings is 1. The van der Waals surface area contributed by atoms with Crippen LogP contribution in [-0.2, 0) is 4.79 Å². The fourth-order valence-electron chi connectivity index (χ4n) is 2.80. The second-order valence-electron chi connectivity index (χ2n) is 5.67. The summed E-state index contributed by atoms with van der Waals surface area (Å²) in [4.78, 5) is 29.2. The Labute approximate surface area is 114 Å². The Morgan fingerprint density at radius 1 is 1.05 bits per heavy atom. The summed E-state index contributed by atoms with van der Waals surface area (Å²) in [6, 6.07) is 0.0162. The van der Waals surface area contributed by atoms with Gasteiger partial charge in [0.15, 0.2) is 0 Å². The monoisotopic (exact) mass is 269 g/mol. The summed E-state index contributed by atoms with van der Waals surface area (Å²) in [5.74, 6) is 0.157. The average molecular weight is 269 g/mol. The molecule has 2 heterocycles. The molecule has 0 aromatic rings. The summed E-state index contributed by atoms with van der Waals surface area (Å²) in [5.41, 5.74) is 0. The third kappa shape index (κ3) is 3.18. The highest BCUT2D eigenvalue weighted by atomic mass is 16.3. The summed E-state index contributed by atoms with van der Waals surface area (Å²) in [5, 5.41) is 9.47. The molecule has 0 bridgehead atoms. The predicted molar refractivity (Wildman–Crippen MR) is 70.6 cm³/mol. The number of β-amino-alcohol motifs (C(OH)–C–C–N with tert-alkyl or cyclic N) is 1. The third-order valence-corrected chi connectivity index (χ3v) is 3.97. The minimum Gasteiger partial charge on any atom is -0.391 e. The Morgan fingerprint density at radius 3 is 2.11 bits per heavy atom. The number of aliphatic hydroxyl groups excluding tert-OH is 1. The molecule has 108 valence electrons. The lowest BCUT2D eigenvalue weighted by atomic mass is 9.95. The van der Waals surface area contributed by atoms with E-state index in [0.717, 1.165) is 12.8 Å². The molecule has 3 amide bonds. The topological polar surface area (TPSA) is 64.1 Å². The highest BCUT2D eigenvalue weighted by Crippen LogP contribution is 2.22. The number of carbonyl (C=O) groups excluding carboxylic acids is 2. The van der Waals surface area contributed by atoms with Gasteiger partial charge in [0.2, 0.25) is 5.91 Å². The van der Waals surface area contributed by atoms with Crippen LogP contribution in [0.3, 0.4) is 0 Å². The molecule has 1 atom stereocenters. The summed E-state index contributed by atoms with van der Waals surface area (Å²) in [6.45, 7) is 2.42. The maximum Gasteiger partial charge on any atom is 0.319 e. The zero-order valence-corrected chi connectivity index (χ0v) is 11.7. The van der Waals surface area contributed by atoms with Gasteiger partial charge in [-0.2, -0.15) is 0 Å². The van der Waals surface area contributed by atoms with E-state index in [1.165, 1.54) is 0 Å². The van der Waals surface area contributed by atoms with Crippen LogP contribution in [0.4, 0.5) is 4.79 Å². The summed E-state index contributed by atoms with van der Waals surface area (Å²) >= 11 is 0. The molecule has 2 fully saturated rings. The summed E-state index contributed by atoms with van der Waals surface area (Å²) < 4.78 is 0. The average Bonchev–Trinajstić information content (AvgIpc) is 2.84. The van der Waals surface area contributed by atoms with E-state index < -0.39 is 0 Å². The van der Waals surface area contributed by atoms with Gasteiger partial charge in [-0.3, -0.25) is 4.79 Å². The van der Waals surface area contributed by atoms with E-state index in [4.69, 9.17) is 0 Å². The van der Waals surface area contributed by atoms with E-state index in [0.29, 0.717) is 32.6 Å². The first kappa shape index (κ1) is 14.1. The van der Waals surface area contributed by atoms with E-state index in [1.807, 2.05) is 0 Å². The SMILES string of the molecule is CN(C)C(=O)N1CCC(C(=O)N2CC[C@@H](O)C2)CC1. The molecule has 0 aromatic heterocycles. The maximum atomic E-state index is 12.3. The van der Waals surface area contributed by atoms with Gasteiger partial charge in [-0.15, -0.1) is 0 Å². The van der Waals surface area contributed by atoms with Crippen LogP contribution in [0, 0.1) is 5.92 Å². The number of aliphatic hydroxyl groups is 1. The smallest absolute Gasteiger partial charge is 0.319 e. The molecule has 1 N–H and O–H groups in total. The van der Waals surface area contributed by atoms with Gasteiger partial charge >= 0.3 is 6.03 Å². The number of nitrogens with zero attached hydrogens (tertiary/aromatic N) is 3. The van der Waals surface area contributed by atoms with Crippen LogP contribution in [0.1, 0.15) is 19.3 Å². The number of rotatable bonds is 1. The van der Waals surface area contributed by atoms with Crippen molar-refractivity contribution in [3.05, 3.63) is 0 Å². The Hall–Kier alpha value is -1.30. The summed E-state index contributed by atoms with van der Waals surface area (Å²) in [6.07, 6.45) is 1.78. The Balaban J connectivity index is 1.83. The van der Waals surface area contributed by atoms with Gasteiger partial charge in [0.05, 0.1) is 6.10 Å². The number of amides is 3. The Morgan fingerprint density at radius 2 is 1.63 bits per heavy atom. The normalized spacial score (nSPS) is 24.7. The molecule has 6 nitrogen and oxygen atoms in total. The van der Waals surface area contributed by atoms with Crippen molar-refractivity contribution in [2.45, 2.75) is 25.4 Å². The molecular weight excluding hydrogens is 246 g/mol. The van der Waals surface area contributed by atoms with Crippen molar-refractivity contribution >= 4 is 11.9 Å². The Kier molecular flexibility index (Phi) is 4.29. The minimum atomic E-state index is -0.362. The standard InChI is InChI=1S/C13H23N3O3/c1-14(2)13(19)15-6-3-10(4-7-15)12(18)16-8-5-11(17)9-16/h10-11,17H,3-9H2,1-2H3/t11-/m1/s1. The van der Waals surface area contributed by atoms with Crippen molar-refractivity contribution in [1.29, 1.82) is 0 Å². The maximum absolute atomic E-state index is 12.3. The van der Waals surface area contributed by atoms with Crippen molar-refractivity contribution in [2.75, 3.05) is 40.3 Å². The van der Waals surface area contributed by atoms with Crippen LogP contribution in [0.5, 0.6) is 0 Å². The molecule has 0 aliphatic carbocycles. The van der Waals surface area contributed by atoms with Crippen molar-refractivity contribution in [3.63, 3.8) is 0 Å². The Bertz CT molecular complexity index is 351. The zero-order valence-electron chi connectivity index (χ0n) is 11.7. The molecule has 0 saturated carbocycles. The van der Waals surface area contributed by atoms with Gasteiger partial charge in [-0.25, -0.2) is 4.79 Å². The van der Waals surface area contributed by atoms with Gasteiger partial charge < -0.3 is 19.8 Å². The van der Waals surface area contributed by atoms with E-state index in [-0.39, 0.29) is 24.0 Å². The number of hydrogen-bond acceptors (Lipinski definition) is 3. The lowest BCUT2D eigenvalue weighted by molar-refractivity contribution is -0.136. The van der Waals surface area contributed by atoms with Crippen LogP contribution in [-0.4, -0.2) is 78.1 Å². The largest absolute Gasteiger partial charge is 0.391 e. The van der Waals surface area contributed by atoms with Crippen molar-refractivity contribution < 1.29 is 14.7 Å². The van der Waals surface area contributed by atoms with Crippen molar-refractivity contribution in [2.24, 2.45) is 5.92 Å². The predicted octanol–water partition coefficient (Wildman–Crippen LogP) is -0.0268. The summed E-state index contributed by atoms with van der Waals surface area (Å²) in [7, 11) is 3.48. The fraction of sp³-hybridized carbons (Fsp3) is 0.846. The fourth-order valence-corrected chi connectivity index (χ4v) is 2.80. The number of carbonyl (C=O) groups is 2. The molecule has 0 radical (unpaired) electrons. The number of hydrogen-bond donors (Lipinski definition) is 1. The highest BCUT2D eigenvalue weighted by molar-refractivity contribution is 5.80. The first-order valence-corrected chi connectivity index (χ1v) is 6.92. The molecular formula is C13H23N3O3. The van der Waals surface area contributed by atoms with Gasteiger partial charge in [0, 0.05) is 46.2 Å². The highest BCUT2D eigenvalue weighted by Gasteiger charge is 2.33. The lowest BCUT2D eigenvalue weighted by Crippen LogP contribution is -2.47. The molecule has 2 aliphatic heterocycles. The minimum absolute atomic E-state index is 0.0107. The van der Waals surface area contributed by atoms with Gasteiger partial charge in [-0.05, 0) is 19.3 Å². The van der Waals surface area contributed by atoms with E-state index in [1.54, 1.807) is 28.8 Å². The van der Waals surface area contributed by atoms with Gasteiger partial charge in [0.25, 0.3) is 0 Å². The molecule has 6 heteroatoms. The van der Waals surface area contributed by atoms with Crippen LogP contribution >= 0.6 is 0 Å². The number of urea groups is 1. The first-order valence-electron chi connectivity index (χ1n) is 6.92. The van der Waals surface area contributed by atoms with Crippen molar-refractivity contribution in [3.8, 4) is 0 Å². The third-order valence-electron chi connectivity index (χ3n) is 3.97. The molecule has 0 spiro atoms. The molecule has 19 heavy (non-hydrogen) atoms. The molecule has 2 saturated heterocycles. The van der Waals surface area contributed by atoms with E-state index in [2.05, 4.69) is 0 Å². The first-order chi connectivity index (χ1) is 8.99. The van der Waals surface area contributed by atoms with Crippen LogP contribution in [0.25, 0.3) is 0 Å². The molecule has 0 unspecified atom stereocenters. The lowest BCUT2D eigenvalue weighted by Gasteiger charge is -2.34. The quantitative estimate of drug-likeness (QED) is 0.727. The number of likely N-dealkylation sites (tertiary alicyclic amines) is 2.